The molecule has 9 amide bonds. The van der Waals surface area contributed by atoms with Crippen molar-refractivity contribution in [1.29, 1.82) is 0 Å². The molecule has 0 radical (unpaired) electrons. The molecule has 0 saturated heterocycles. The van der Waals surface area contributed by atoms with Gasteiger partial charge in [0.15, 0.2) is 11.5 Å². The van der Waals surface area contributed by atoms with Gasteiger partial charge in [-0.15, -0.1) is 0 Å². The van der Waals surface area contributed by atoms with E-state index in [-0.39, 0.29) is 128 Å². The first-order chi connectivity index (χ1) is 48.8. The summed E-state index contributed by atoms with van der Waals surface area (Å²) in [4.78, 5) is 153. The van der Waals surface area contributed by atoms with Gasteiger partial charge in [0.25, 0.3) is 0 Å². The molecular formula is C69H109N15O16S2. The van der Waals surface area contributed by atoms with Gasteiger partial charge in [0.1, 0.15) is 25.9 Å². The second-order valence-electron chi connectivity index (χ2n) is 25.2. The summed E-state index contributed by atoms with van der Waals surface area (Å²) in [5.74, 6) is -6.15. The van der Waals surface area contributed by atoms with E-state index >= 15 is 9.59 Å². The van der Waals surface area contributed by atoms with Crippen LogP contribution >= 0.6 is 12.6 Å². The Morgan fingerprint density at radius 3 is 1.49 bits per heavy atom. The number of hydrogen-bond acceptors (Lipinski definition) is 21. The van der Waals surface area contributed by atoms with Gasteiger partial charge in [0.05, 0.1) is 50.7 Å². The number of carbonyl (C=O) groups excluding carboxylic acids is 9. The number of rotatable bonds is 52. The predicted molar refractivity (Wildman–Crippen MR) is 386 cm³/mol. The van der Waals surface area contributed by atoms with E-state index in [4.69, 9.17) is 42.3 Å². The number of carbonyl (C=O) groups is 10. The summed E-state index contributed by atoms with van der Waals surface area (Å²) in [6, 6.07) is 18.8. The van der Waals surface area contributed by atoms with Crippen molar-refractivity contribution in [3.63, 3.8) is 0 Å². The molecule has 4 rings (SSSR count). The molecule has 0 aliphatic carbocycles. The van der Waals surface area contributed by atoms with E-state index < -0.39 is 128 Å². The summed E-state index contributed by atoms with van der Waals surface area (Å²) >= 11 is 4.10. The van der Waals surface area contributed by atoms with Gasteiger partial charge in [-0.1, -0.05) is 62.4 Å². The smallest absolute Gasteiger partial charge is 0.326 e. The molecule has 0 saturated carbocycles. The highest BCUT2D eigenvalue weighted by atomic mass is 32.2. The Labute approximate surface area is 605 Å². The quantitative estimate of drug-likeness (QED) is 0.0200. The molecule has 0 fully saturated rings. The number of unbranched alkanes of at least 4 members (excludes halogenated alkanes) is 4. The van der Waals surface area contributed by atoms with Gasteiger partial charge in [-0.25, -0.2) is 18.4 Å². The molecule has 1 atom stereocenters. The maximum Gasteiger partial charge on any atom is 0.326 e. The highest BCUT2D eigenvalue weighted by Crippen LogP contribution is 2.33. The number of benzene rings is 3. The number of ether oxygens (including phenoxy) is 3. The standard InChI is InChI=1S/C69H109N15O16S2/c1-4-98-50-84(49-65(90)77(32-13-9-28-71)42-60(85)76-57(26-37-101)69(94)95)68(93)46-81(36-24-53-16-6-5-7-17-53)63(88)44-78(33-14-10-29-72)62(87)43-79(34-15-11-30-73)64(89)47-83(41-55-20-23-58-59(38-55)100-51-99-58)67(92)48-82(40-52(2)3)66(91)45-80(61(86)39-75-31-12-8-27-70)35-25-54-18-21-56(22-19-54)102(74,96)97/h5-7,16-23,38,52,57,75,101H,4,8-15,24-37,39-51,70-73H2,1-3H3,(H,76,85)(H,94,95)(H2,74,96,97). The van der Waals surface area contributed by atoms with Crippen LogP contribution in [0.3, 0.4) is 0 Å². The number of nitrogens with one attached hydrogen (secondary N) is 2. The monoisotopic (exact) mass is 1470 g/mol. The molecule has 1 heterocycles. The third-order valence-electron chi connectivity index (χ3n) is 16.5. The van der Waals surface area contributed by atoms with Crippen LogP contribution in [0.1, 0.15) is 95.2 Å². The average molecular weight is 1470 g/mol. The highest BCUT2D eigenvalue weighted by Gasteiger charge is 2.33. The normalized spacial score (nSPS) is 11.9. The molecule has 0 spiro atoms. The van der Waals surface area contributed by atoms with Crippen molar-refractivity contribution in [2.45, 2.75) is 109 Å². The molecule has 568 valence electrons. The first-order valence-corrected chi connectivity index (χ1v) is 37.0. The van der Waals surface area contributed by atoms with Crippen molar-refractivity contribution >= 4 is 81.8 Å². The molecule has 102 heavy (non-hydrogen) atoms. The van der Waals surface area contributed by atoms with E-state index in [1.165, 1.54) is 46.4 Å². The second-order valence-corrected chi connectivity index (χ2v) is 27.2. The van der Waals surface area contributed by atoms with Gasteiger partial charge in [-0.05, 0) is 163 Å². The van der Waals surface area contributed by atoms with Crippen molar-refractivity contribution in [2.24, 2.45) is 34.0 Å². The third kappa shape index (κ3) is 32.1. The number of hydrogen-bond donors (Lipinski definition) is 9. The second kappa shape index (κ2) is 47.3. The van der Waals surface area contributed by atoms with E-state index in [0.717, 1.165) is 16.9 Å². The molecule has 3 aromatic rings. The lowest BCUT2D eigenvalue weighted by molar-refractivity contribution is -0.150. The SMILES string of the molecule is CCOCN(CC(=O)N(CCCCN)CC(=O)NC(CCS)C(=O)O)C(=O)CN(CCc1ccccc1)C(=O)CN(CCCCN)C(=O)CN(CCCCN)C(=O)CN(Cc1ccc2c(c1)OCO2)C(=O)CN(CC(C)C)C(=O)CN(CCc1ccc(S(N)(=O)=O)cc1)C(=O)CNCCCCN. The molecule has 33 heteroatoms. The number of primary sulfonamides is 1. The fraction of sp³-hybridized carbons (Fsp3) is 0.594. The van der Waals surface area contributed by atoms with E-state index in [1.807, 2.05) is 44.2 Å². The Balaban J connectivity index is 1.68. The highest BCUT2D eigenvalue weighted by molar-refractivity contribution is 7.89. The molecular weight excluding hydrogens is 1360 g/mol. The molecule has 0 aromatic heterocycles. The van der Waals surface area contributed by atoms with Gasteiger partial charge in [-0.2, -0.15) is 12.6 Å². The number of fused-ring (bicyclic) bond motifs is 1. The fourth-order valence-corrected chi connectivity index (χ4v) is 11.5. The molecule has 0 bridgehead atoms. The number of amides is 9. The van der Waals surface area contributed by atoms with E-state index in [9.17, 15) is 51.9 Å². The fourth-order valence-electron chi connectivity index (χ4n) is 10.8. The largest absolute Gasteiger partial charge is 0.480 e. The lowest BCUT2D eigenvalue weighted by Crippen LogP contribution is -2.53. The number of thiol groups is 1. The number of sulfonamides is 1. The molecule has 13 N–H and O–H groups in total. The minimum Gasteiger partial charge on any atom is -0.480 e. The number of nitrogens with zero attached hydrogens (tertiary/aromatic N) is 8. The van der Waals surface area contributed by atoms with E-state index in [2.05, 4.69) is 23.3 Å². The third-order valence-corrected chi connectivity index (χ3v) is 17.7. The van der Waals surface area contributed by atoms with Crippen LogP contribution in [-0.4, -0.2) is 275 Å². The van der Waals surface area contributed by atoms with Crippen LogP contribution in [0, 0.1) is 5.92 Å². The van der Waals surface area contributed by atoms with Gasteiger partial charge in [0.2, 0.25) is 70.0 Å². The molecule has 1 unspecified atom stereocenters. The predicted octanol–water partition coefficient (Wildman–Crippen LogP) is -0.239. The zero-order valence-electron chi connectivity index (χ0n) is 59.4. The summed E-state index contributed by atoms with van der Waals surface area (Å²) < 4.78 is 40.9. The van der Waals surface area contributed by atoms with Crippen LogP contribution in [0.25, 0.3) is 0 Å². The zero-order chi connectivity index (χ0) is 75.0. The minimum absolute atomic E-state index is 0.00148. The summed E-state index contributed by atoms with van der Waals surface area (Å²) in [5, 5.41) is 20.6. The van der Waals surface area contributed by atoms with Crippen molar-refractivity contribution in [1.82, 2.24) is 49.8 Å². The van der Waals surface area contributed by atoms with Crippen molar-refractivity contribution in [3.8, 4) is 11.5 Å². The maximum absolute atomic E-state index is 15.1. The van der Waals surface area contributed by atoms with Gasteiger partial charge >= 0.3 is 5.97 Å². The van der Waals surface area contributed by atoms with Crippen LogP contribution in [0.2, 0.25) is 0 Å². The van der Waals surface area contributed by atoms with Gasteiger partial charge < -0.3 is 92.1 Å². The summed E-state index contributed by atoms with van der Waals surface area (Å²) in [6.45, 7) is 2.27. The lowest BCUT2D eigenvalue weighted by Gasteiger charge is -2.33. The van der Waals surface area contributed by atoms with Gasteiger partial charge in [-0.3, -0.25) is 43.2 Å². The van der Waals surface area contributed by atoms with Crippen molar-refractivity contribution < 1.29 is 75.7 Å². The summed E-state index contributed by atoms with van der Waals surface area (Å²) in [7, 11) is -3.98. The Morgan fingerprint density at radius 2 is 0.980 bits per heavy atom. The lowest BCUT2D eigenvalue weighted by atomic mass is 10.1. The Hall–Kier alpha value is -8.02. The first kappa shape index (κ1) is 86.4. The van der Waals surface area contributed by atoms with E-state index in [1.54, 1.807) is 37.3 Å². The number of nitrogens with two attached hydrogens (primary N) is 5. The molecule has 3 aromatic carbocycles. The Morgan fingerprint density at radius 1 is 0.539 bits per heavy atom. The van der Waals surface area contributed by atoms with Gasteiger partial charge in [0, 0.05) is 52.4 Å². The minimum atomic E-state index is -3.98. The first-order valence-electron chi connectivity index (χ1n) is 34.8. The zero-order valence-corrected chi connectivity index (χ0v) is 61.1. The summed E-state index contributed by atoms with van der Waals surface area (Å²) in [5.41, 5.74) is 25.4. The maximum atomic E-state index is 15.1. The Bertz CT molecular complexity index is 3250. The van der Waals surface area contributed by atoms with E-state index in [0.29, 0.717) is 80.7 Å². The average Bonchev–Trinajstić information content (AvgIpc) is 1.85. The summed E-state index contributed by atoms with van der Waals surface area (Å²) in [6.07, 6.45) is 4.40. The van der Waals surface area contributed by atoms with Crippen LogP contribution in [0.5, 0.6) is 11.5 Å². The molecule has 1 aliphatic heterocycles. The number of carboxylic acids is 1. The molecule has 1 aliphatic rings. The topological polar surface area (TPSA) is 433 Å². The number of aliphatic carboxylic acids is 1. The van der Waals surface area contributed by atoms with Crippen LogP contribution < -0.4 is 48.2 Å². The van der Waals surface area contributed by atoms with Crippen LogP contribution in [0.4, 0.5) is 0 Å². The van der Waals surface area contributed by atoms with Crippen molar-refractivity contribution in [3.05, 3.63) is 89.5 Å². The van der Waals surface area contributed by atoms with Crippen LogP contribution in [-0.2, 0) is 82.1 Å². The van der Waals surface area contributed by atoms with Crippen LogP contribution in [0.15, 0.2) is 77.7 Å². The Kier molecular flexibility index (Phi) is 40.0. The van der Waals surface area contributed by atoms with Crippen molar-refractivity contribution in [2.75, 3.05) is 157 Å². The molecule has 31 nitrogen and oxygen atoms in total. The number of carboxylic acid groups (broad SMARTS) is 1.